The molecule has 0 radical (unpaired) electrons. The lowest BCUT2D eigenvalue weighted by Crippen LogP contribution is -2.48. The van der Waals surface area contributed by atoms with Crippen LogP contribution in [0.2, 0.25) is 0 Å². The second-order valence-electron chi connectivity index (χ2n) is 8.46. The van der Waals surface area contributed by atoms with Crippen molar-refractivity contribution in [3.8, 4) is 0 Å². The molecule has 1 amide bonds. The predicted octanol–water partition coefficient (Wildman–Crippen LogP) is 3.51. The molecule has 1 N–H and O–H groups in total. The Hall–Kier alpha value is -0.420. The molecule has 0 saturated carbocycles. The summed E-state index contributed by atoms with van der Waals surface area (Å²) in [6.07, 6.45) is 3.22. The maximum absolute atomic E-state index is 12.3. The molecule has 2 fully saturated rings. The van der Waals surface area contributed by atoms with Gasteiger partial charge in [0.25, 0.3) is 0 Å². The Bertz CT molecular complexity index is 393. The summed E-state index contributed by atoms with van der Waals surface area (Å²) >= 11 is 2.04. The summed E-state index contributed by atoms with van der Waals surface area (Å²) < 4.78 is 5.53. The number of nitrogens with one attached hydrogen (secondary N) is 1. The van der Waals surface area contributed by atoms with Gasteiger partial charge in [-0.25, -0.2) is 4.79 Å². The van der Waals surface area contributed by atoms with Crippen LogP contribution in [0.3, 0.4) is 0 Å². The molecule has 0 bridgehead atoms. The highest BCUT2D eigenvalue weighted by Gasteiger charge is 2.33. The minimum atomic E-state index is -0.415. The molecule has 0 aromatic heterocycles. The molecule has 2 aliphatic rings. The predicted molar refractivity (Wildman–Crippen MR) is 93.5 cm³/mol. The van der Waals surface area contributed by atoms with Gasteiger partial charge in [-0.1, -0.05) is 13.8 Å². The molecule has 2 aliphatic heterocycles. The van der Waals surface area contributed by atoms with Gasteiger partial charge in [-0.15, -0.1) is 0 Å². The average molecular weight is 329 g/mol. The van der Waals surface area contributed by atoms with Crippen molar-refractivity contribution in [1.29, 1.82) is 0 Å². The number of hydrogen-bond acceptors (Lipinski definition) is 4. The number of carbonyl (C=O) groups is 1. The van der Waals surface area contributed by atoms with E-state index in [-0.39, 0.29) is 12.1 Å². The molecule has 2 unspecified atom stereocenters. The number of nitrogens with zero attached hydrogens (tertiary/aromatic N) is 1. The van der Waals surface area contributed by atoms with Crippen LogP contribution >= 0.6 is 11.8 Å². The Morgan fingerprint density at radius 2 is 2.14 bits per heavy atom. The fourth-order valence-electron chi connectivity index (χ4n) is 3.30. The van der Waals surface area contributed by atoms with E-state index in [0.29, 0.717) is 11.5 Å². The van der Waals surface area contributed by atoms with E-state index in [2.05, 4.69) is 19.2 Å². The van der Waals surface area contributed by atoms with Gasteiger partial charge in [0.1, 0.15) is 5.60 Å². The van der Waals surface area contributed by atoms with Crippen LogP contribution in [0.4, 0.5) is 4.79 Å². The van der Waals surface area contributed by atoms with Crippen LogP contribution in [0.15, 0.2) is 0 Å². The van der Waals surface area contributed by atoms with Crippen LogP contribution in [0, 0.1) is 5.41 Å². The van der Waals surface area contributed by atoms with Gasteiger partial charge < -0.3 is 15.0 Å². The number of carbonyl (C=O) groups excluding carboxylic acids is 1. The monoisotopic (exact) mass is 328 g/mol. The SMILES string of the molecule is CC1(C)CSCC(NCC2CCCN2C(=O)OC(C)(C)C)C1. The molecule has 128 valence electrons. The van der Waals surface area contributed by atoms with Gasteiger partial charge in [-0.3, -0.25) is 0 Å². The normalized spacial score (nSPS) is 28.7. The molecule has 2 rings (SSSR count). The maximum atomic E-state index is 12.3. The number of hydrogen-bond donors (Lipinski definition) is 1. The van der Waals surface area contributed by atoms with E-state index in [1.54, 1.807) is 0 Å². The highest BCUT2D eigenvalue weighted by Crippen LogP contribution is 2.33. The third-order valence-electron chi connectivity index (χ3n) is 4.26. The molecule has 4 nitrogen and oxygen atoms in total. The molecular weight excluding hydrogens is 296 g/mol. The highest BCUT2D eigenvalue weighted by molar-refractivity contribution is 7.99. The van der Waals surface area contributed by atoms with Crippen molar-refractivity contribution in [1.82, 2.24) is 10.2 Å². The summed E-state index contributed by atoms with van der Waals surface area (Å²) in [6.45, 7) is 12.2. The Morgan fingerprint density at radius 3 is 2.77 bits per heavy atom. The van der Waals surface area contributed by atoms with Crippen LogP contribution in [0.5, 0.6) is 0 Å². The minimum Gasteiger partial charge on any atom is -0.444 e. The zero-order valence-corrected chi connectivity index (χ0v) is 15.6. The fraction of sp³-hybridized carbons (Fsp3) is 0.941. The number of thioether (sulfide) groups is 1. The van der Waals surface area contributed by atoms with Crippen molar-refractivity contribution < 1.29 is 9.53 Å². The first-order chi connectivity index (χ1) is 10.2. The van der Waals surface area contributed by atoms with E-state index in [4.69, 9.17) is 4.74 Å². The lowest BCUT2D eigenvalue weighted by molar-refractivity contribution is 0.0224. The van der Waals surface area contributed by atoms with Gasteiger partial charge >= 0.3 is 6.09 Å². The molecule has 2 heterocycles. The van der Waals surface area contributed by atoms with E-state index >= 15 is 0 Å². The third kappa shape index (κ3) is 5.34. The van der Waals surface area contributed by atoms with Crippen LogP contribution in [0.1, 0.15) is 53.9 Å². The first-order valence-corrected chi connectivity index (χ1v) is 9.62. The second-order valence-corrected chi connectivity index (χ2v) is 9.49. The summed E-state index contributed by atoms with van der Waals surface area (Å²) in [4.78, 5) is 14.2. The number of ether oxygens (including phenoxy) is 1. The lowest BCUT2D eigenvalue weighted by atomic mass is 9.88. The van der Waals surface area contributed by atoms with Crippen molar-refractivity contribution in [2.45, 2.75) is 71.6 Å². The molecule has 0 aromatic rings. The van der Waals surface area contributed by atoms with Gasteiger partial charge in [-0.2, -0.15) is 11.8 Å². The van der Waals surface area contributed by atoms with Gasteiger partial charge in [-0.05, 0) is 51.2 Å². The molecule has 2 saturated heterocycles. The quantitative estimate of drug-likeness (QED) is 0.861. The number of amides is 1. The van der Waals surface area contributed by atoms with Crippen LogP contribution < -0.4 is 5.32 Å². The van der Waals surface area contributed by atoms with Crippen molar-refractivity contribution in [2.75, 3.05) is 24.6 Å². The van der Waals surface area contributed by atoms with E-state index in [1.807, 2.05) is 37.4 Å². The van der Waals surface area contributed by atoms with Crippen LogP contribution in [-0.4, -0.2) is 53.3 Å². The van der Waals surface area contributed by atoms with E-state index in [1.165, 1.54) is 17.9 Å². The zero-order valence-electron chi connectivity index (χ0n) is 14.8. The van der Waals surface area contributed by atoms with Crippen molar-refractivity contribution in [3.05, 3.63) is 0 Å². The van der Waals surface area contributed by atoms with E-state index in [0.717, 1.165) is 25.9 Å². The molecule has 2 atom stereocenters. The van der Waals surface area contributed by atoms with E-state index < -0.39 is 5.60 Å². The standard InChI is InChI=1S/C17H32N2O2S/c1-16(2,3)21-15(20)19-8-6-7-14(19)10-18-13-9-17(4,5)12-22-11-13/h13-14,18H,6-12H2,1-5H3. The maximum Gasteiger partial charge on any atom is 0.410 e. The summed E-state index contributed by atoms with van der Waals surface area (Å²) in [5.74, 6) is 2.43. The first kappa shape index (κ1) is 17.9. The number of rotatable bonds is 3. The topological polar surface area (TPSA) is 41.6 Å². The highest BCUT2D eigenvalue weighted by atomic mass is 32.2. The largest absolute Gasteiger partial charge is 0.444 e. The van der Waals surface area contributed by atoms with Crippen LogP contribution in [-0.2, 0) is 4.74 Å². The van der Waals surface area contributed by atoms with Gasteiger partial charge in [0.2, 0.25) is 0 Å². The summed E-state index contributed by atoms with van der Waals surface area (Å²) in [7, 11) is 0. The van der Waals surface area contributed by atoms with Crippen molar-refractivity contribution in [2.24, 2.45) is 5.41 Å². The fourth-order valence-corrected chi connectivity index (χ4v) is 4.61. The Labute approximate surface area is 139 Å². The third-order valence-corrected chi connectivity index (χ3v) is 5.88. The van der Waals surface area contributed by atoms with Crippen molar-refractivity contribution in [3.63, 3.8) is 0 Å². The summed E-state index contributed by atoms with van der Waals surface area (Å²) in [5, 5.41) is 3.70. The minimum absolute atomic E-state index is 0.157. The zero-order chi connectivity index (χ0) is 16.4. The summed E-state index contributed by atoms with van der Waals surface area (Å²) in [5.41, 5.74) is 0.00278. The molecule has 0 aliphatic carbocycles. The Morgan fingerprint density at radius 1 is 1.41 bits per heavy atom. The second kappa shape index (κ2) is 7.00. The molecular formula is C17H32N2O2S. The van der Waals surface area contributed by atoms with E-state index in [9.17, 15) is 4.79 Å². The Kier molecular flexibility index (Phi) is 5.70. The van der Waals surface area contributed by atoms with Gasteiger partial charge in [0.15, 0.2) is 0 Å². The Balaban J connectivity index is 1.82. The average Bonchev–Trinajstić information content (AvgIpc) is 2.81. The van der Waals surface area contributed by atoms with Gasteiger partial charge in [0, 0.05) is 30.9 Å². The van der Waals surface area contributed by atoms with Crippen molar-refractivity contribution >= 4 is 17.9 Å². The number of likely N-dealkylation sites (tertiary alicyclic amines) is 1. The van der Waals surface area contributed by atoms with Gasteiger partial charge in [0.05, 0.1) is 0 Å². The molecule has 0 spiro atoms. The first-order valence-electron chi connectivity index (χ1n) is 8.47. The smallest absolute Gasteiger partial charge is 0.410 e. The molecule has 5 heteroatoms. The van der Waals surface area contributed by atoms with Crippen LogP contribution in [0.25, 0.3) is 0 Å². The lowest BCUT2D eigenvalue weighted by Gasteiger charge is -2.36. The molecule has 0 aromatic carbocycles. The summed E-state index contributed by atoms with van der Waals surface area (Å²) in [6, 6.07) is 0.847. The molecule has 22 heavy (non-hydrogen) atoms.